The first-order valence-electron chi connectivity index (χ1n) is 13.0. The summed E-state index contributed by atoms with van der Waals surface area (Å²) in [5.41, 5.74) is 2.00. The van der Waals surface area contributed by atoms with Crippen LogP contribution in [0.4, 0.5) is 0 Å². The van der Waals surface area contributed by atoms with Crippen LogP contribution in [0.5, 0.6) is 5.75 Å². The van der Waals surface area contributed by atoms with E-state index in [0.717, 1.165) is 22.2 Å². The number of aromatic amines is 1. The Kier molecular flexibility index (Phi) is 7.36. The quantitative estimate of drug-likeness (QED) is 0.270. The fraction of sp³-hybridized carbons (Fsp3) is 0.300. The minimum absolute atomic E-state index is 0.0137. The first-order valence-corrected chi connectivity index (χ1v) is 13.0. The van der Waals surface area contributed by atoms with Crippen molar-refractivity contribution in [3.05, 3.63) is 83.9 Å². The lowest BCUT2D eigenvalue weighted by molar-refractivity contribution is -0.149. The summed E-state index contributed by atoms with van der Waals surface area (Å²) >= 11 is 0. The van der Waals surface area contributed by atoms with E-state index in [1.807, 2.05) is 30.3 Å². The predicted molar refractivity (Wildman–Crippen MR) is 147 cm³/mol. The fourth-order valence-electron chi connectivity index (χ4n) is 4.75. The fourth-order valence-corrected chi connectivity index (χ4v) is 4.75. The molecule has 2 heterocycles. The number of likely N-dealkylation sites (tertiary alicyclic amines) is 1. The number of hydrogen-bond acceptors (Lipinski definition) is 6. The maximum atomic E-state index is 12.8. The van der Waals surface area contributed by atoms with E-state index in [9.17, 15) is 19.8 Å². The average Bonchev–Trinajstić information content (AvgIpc) is 3.37. The smallest absolute Gasteiger partial charge is 0.253 e. The zero-order valence-corrected chi connectivity index (χ0v) is 21.9. The van der Waals surface area contributed by atoms with Crippen LogP contribution in [0, 0.1) is 0 Å². The molecule has 0 aliphatic carbocycles. The number of amides is 2. The van der Waals surface area contributed by atoms with Gasteiger partial charge in [0.05, 0.1) is 11.2 Å². The molecule has 1 saturated heterocycles. The number of aliphatic hydroxyl groups is 2. The van der Waals surface area contributed by atoms with Crippen molar-refractivity contribution in [1.82, 2.24) is 20.4 Å². The van der Waals surface area contributed by atoms with E-state index in [4.69, 9.17) is 4.74 Å². The van der Waals surface area contributed by atoms with Crippen LogP contribution in [-0.4, -0.2) is 61.9 Å². The van der Waals surface area contributed by atoms with E-state index in [1.54, 1.807) is 47.4 Å². The molecule has 2 amide bonds. The maximum absolute atomic E-state index is 12.8. The highest BCUT2D eigenvalue weighted by Crippen LogP contribution is 2.29. The van der Waals surface area contributed by atoms with Gasteiger partial charge in [0.1, 0.15) is 17.5 Å². The molecule has 4 N–H and O–H groups in total. The molecule has 3 aromatic carbocycles. The van der Waals surface area contributed by atoms with Crippen molar-refractivity contribution < 1.29 is 24.5 Å². The summed E-state index contributed by atoms with van der Waals surface area (Å²) in [7, 11) is 0. The van der Waals surface area contributed by atoms with Gasteiger partial charge in [0.15, 0.2) is 6.23 Å². The van der Waals surface area contributed by atoms with E-state index in [0.29, 0.717) is 42.8 Å². The van der Waals surface area contributed by atoms with Gasteiger partial charge in [0.2, 0.25) is 0 Å². The Morgan fingerprint density at radius 2 is 1.74 bits per heavy atom. The Bertz CT molecular complexity index is 1450. The van der Waals surface area contributed by atoms with E-state index >= 15 is 0 Å². The van der Waals surface area contributed by atoms with Gasteiger partial charge in [-0.05, 0) is 56.3 Å². The lowest BCUT2D eigenvalue weighted by Gasteiger charge is -2.35. The average molecular weight is 529 g/mol. The van der Waals surface area contributed by atoms with Crippen LogP contribution >= 0.6 is 0 Å². The maximum Gasteiger partial charge on any atom is 0.253 e. The standard InChI is InChI=1S/C30H32N4O5/c1-30(2,38)29(37)34-16-14-23(15-17-34)39-22-11-8-19(9-12-22)26-24-18-21(10-13-25(24)32-33-26)28(36)31-27(35)20-6-4-3-5-7-20/h3-13,18,23,27,35,38H,14-17H2,1-2H3,(H,31,36)(H,32,33)/t27-/m0/s1. The second-order valence-electron chi connectivity index (χ2n) is 10.3. The van der Waals surface area contributed by atoms with Crippen molar-refractivity contribution in [3.63, 3.8) is 0 Å². The highest BCUT2D eigenvalue weighted by atomic mass is 16.5. The molecule has 4 aromatic rings. The molecular weight excluding hydrogens is 496 g/mol. The van der Waals surface area contributed by atoms with Gasteiger partial charge in [-0.3, -0.25) is 14.7 Å². The molecule has 39 heavy (non-hydrogen) atoms. The molecule has 0 bridgehead atoms. The number of nitrogens with zero attached hydrogens (tertiary/aromatic N) is 2. The van der Waals surface area contributed by atoms with Crippen molar-refractivity contribution in [1.29, 1.82) is 0 Å². The number of H-pyrrole nitrogens is 1. The molecule has 0 unspecified atom stereocenters. The number of fused-ring (bicyclic) bond motifs is 1. The van der Waals surface area contributed by atoms with E-state index in [2.05, 4.69) is 15.5 Å². The Morgan fingerprint density at radius 3 is 2.41 bits per heavy atom. The predicted octanol–water partition coefficient (Wildman–Crippen LogP) is 3.79. The van der Waals surface area contributed by atoms with Crippen molar-refractivity contribution >= 4 is 22.7 Å². The van der Waals surface area contributed by atoms with Gasteiger partial charge < -0.3 is 25.2 Å². The molecular formula is C30H32N4O5. The van der Waals surface area contributed by atoms with Crippen LogP contribution in [-0.2, 0) is 4.79 Å². The molecule has 9 nitrogen and oxygen atoms in total. The first kappa shape index (κ1) is 26.4. The van der Waals surface area contributed by atoms with Gasteiger partial charge in [-0.25, -0.2) is 0 Å². The number of benzene rings is 3. The molecule has 0 radical (unpaired) electrons. The lowest BCUT2D eigenvalue weighted by atomic mass is 10.0. The van der Waals surface area contributed by atoms with Gasteiger partial charge >= 0.3 is 0 Å². The second kappa shape index (κ2) is 10.9. The Hall–Kier alpha value is -4.21. The molecule has 5 rings (SSSR count). The third-order valence-electron chi connectivity index (χ3n) is 6.89. The highest BCUT2D eigenvalue weighted by molar-refractivity contribution is 6.01. The normalized spacial score (nSPS) is 15.2. The third kappa shape index (κ3) is 5.94. The van der Waals surface area contributed by atoms with Crippen LogP contribution < -0.4 is 10.1 Å². The Morgan fingerprint density at radius 1 is 1.05 bits per heavy atom. The van der Waals surface area contributed by atoms with Gasteiger partial charge in [-0.15, -0.1) is 0 Å². The van der Waals surface area contributed by atoms with Crippen LogP contribution in [0.15, 0.2) is 72.8 Å². The van der Waals surface area contributed by atoms with Crippen molar-refractivity contribution in [2.45, 2.75) is 44.6 Å². The summed E-state index contributed by atoms with van der Waals surface area (Å²) in [5, 5.41) is 31.2. The van der Waals surface area contributed by atoms with E-state index in [1.165, 1.54) is 13.8 Å². The molecule has 1 fully saturated rings. The number of carbonyl (C=O) groups is 2. The van der Waals surface area contributed by atoms with Crippen LogP contribution in [0.2, 0.25) is 0 Å². The minimum Gasteiger partial charge on any atom is -0.490 e. The summed E-state index contributed by atoms with van der Waals surface area (Å²) in [5.74, 6) is 0.0739. The second-order valence-corrected chi connectivity index (χ2v) is 10.3. The van der Waals surface area contributed by atoms with Gasteiger partial charge in [0.25, 0.3) is 11.8 Å². The van der Waals surface area contributed by atoms with Crippen molar-refractivity contribution in [3.8, 4) is 17.0 Å². The number of hydrogen-bond donors (Lipinski definition) is 4. The van der Waals surface area contributed by atoms with Crippen LogP contribution in [0.25, 0.3) is 22.2 Å². The van der Waals surface area contributed by atoms with E-state index < -0.39 is 11.8 Å². The van der Waals surface area contributed by atoms with Crippen molar-refractivity contribution in [2.75, 3.05) is 13.1 Å². The number of aromatic nitrogens is 2. The van der Waals surface area contributed by atoms with Gasteiger partial charge in [-0.2, -0.15) is 5.10 Å². The molecule has 1 aliphatic rings. The minimum atomic E-state index is -1.37. The van der Waals surface area contributed by atoms with Gasteiger partial charge in [-0.1, -0.05) is 30.3 Å². The molecule has 1 atom stereocenters. The number of piperidine rings is 1. The SMILES string of the molecule is CC(C)(O)C(=O)N1CCC(Oc2ccc(-c3n[nH]c4ccc(C(=O)N[C@@H](O)c5ccccc5)cc34)cc2)CC1. The molecule has 0 saturated carbocycles. The molecule has 9 heteroatoms. The van der Waals surface area contributed by atoms with Crippen LogP contribution in [0.3, 0.4) is 0 Å². The van der Waals surface area contributed by atoms with Crippen LogP contribution in [0.1, 0.15) is 48.8 Å². The zero-order chi connectivity index (χ0) is 27.6. The molecule has 1 aromatic heterocycles. The summed E-state index contributed by atoms with van der Waals surface area (Å²) < 4.78 is 6.15. The zero-order valence-electron chi connectivity index (χ0n) is 21.9. The van der Waals surface area contributed by atoms with Crippen molar-refractivity contribution in [2.24, 2.45) is 0 Å². The Labute approximate surface area is 226 Å². The topological polar surface area (TPSA) is 128 Å². The number of carbonyl (C=O) groups excluding carboxylic acids is 2. The Balaban J connectivity index is 1.25. The number of ether oxygens (including phenoxy) is 1. The highest BCUT2D eigenvalue weighted by Gasteiger charge is 2.32. The molecule has 1 aliphatic heterocycles. The number of aliphatic hydroxyl groups excluding tert-OH is 1. The monoisotopic (exact) mass is 528 g/mol. The van der Waals surface area contributed by atoms with E-state index in [-0.39, 0.29) is 17.9 Å². The molecule has 0 spiro atoms. The largest absolute Gasteiger partial charge is 0.490 e. The molecule has 202 valence electrons. The summed E-state index contributed by atoms with van der Waals surface area (Å²) in [6.45, 7) is 4.11. The van der Waals surface area contributed by atoms with Gasteiger partial charge in [0, 0.05) is 48.0 Å². The summed E-state index contributed by atoms with van der Waals surface area (Å²) in [6.07, 6.45) is 0.259. The third-order valence-corrected chi connectivity index (χ3v) is 6.89. The number of nitrogens with one attached hydrogen (secondary N) is 2. The number of rotatable bonds is 7. The first-order chi connectivity index (χ1) is 18.7. The summed E-state index contributed by atoms with van der Waals surface area (Å²) in [4.78, 5) is 26.8. The summed E-state index contributed by atoms with van der Waals surface area (Å²) in [6, 6.07) is 21.8. The lowest BCUT2D eigenvalue weighted by Crippen LogP contribution is -2.49.